The number of oxazole rings is 1. The summed E-state index contributed by atoms with van der Waals surface area (Å²) >= 11 is 0. The molecule has 1 saturated heterocycles. The third-order valence-electron chi connectivity index (χ3n) is 8.14. The highest BCUT2D eigenvalue weighted by Gasteiger charge is 2.50. The van der Waals surface area contributed by atoms with Gasteiger partial charge in [0.05, 0.1) is 23.2 Å². The molecule has 3 aliphatic rings. The number of benzene rings is 1. The summed E-state index contributed by atoms with van der Waals surface area (Å²) in [5, 5.41) is 6.13. The van der Waals surface area contributed by atoms with Gasteiger partial charge in [0.25, 0.3) is 5.89 Å². The molecule has 204 valence electrons. The van der Waals surface area contributed by atoms with Crippen molar-refractivity contribution in [3.8, 4) is 11.3 Å². The molecular formula is C28H30F2N6O3. The van der Waals surface area contributed by atoms with Crippen molar-refractivity contribution >= 4 is 11.8 Å². The van der Waals surface area contributed by atoms with Crippen LogP contribution in [0.15, 0.2) is 47.3 Å². The van der Waals surface area contributed by atoms with Crippen molar-refractivity contribution in [2.75, 3.05) is 13.1 Å². The Morgan fingerprint density at radius 3 is 2.54 bits per heavy atom. The van der Waals surface area contributed by atoms with Crippen molar-refractivity contribution in [2.24, 2.45) is 5.92 Å². The molecule has 1 aromatic carbocycles. The van der Waals surface area contributed by atoms with Gasteiger partial charge in [-0.3, -0.25) is 14.5 Å². The highest BCUT2D eigenvalue weighted by molar-refractivity contribution is 5.91. The number of amides is 2. The van der Waals surface area contributed by atoms with Crippen LogP contribution in [-0.4, -0.2) is 56.8 Å². The van der Waals surface area contributed by atoms with Crippen molar-refractivity contribution < 1.29 is 22.8 Å². The highest BCUT2D eigenvalue weighted by atomic mass is 19.1. The SMILES string of the molecule is O=C(N[C@H]1CCN(C2CCCC2)C[C@@H]1C(=O)NC1(c2ncccn2)CC1)c1ncc(-c2ccc(F)cc2F)o1. The average Bonchev–Trinajstić information content (AvgIpc) is 3.31. The van der Waals surface area contributed by atoms with Gasteiger partial charge in [0, 0.05) is 43.6 Å². The Bertz CT molecular complexity index is 1360. The zero-order valence-electron chi connectivity index (χ0n) is 21.4. The monoisotopic (exact) mass is 536 g/mol. The van der Waals surface area contributed by atoms with Crippen LogP contribution in [-0.2, 0) is 10.3 Å². The summed E-state index contributed by atoms with van der Waals surface area (Å²) in [6, 6.07) is 4.83. The van der Waals surface area contributed by atoms with Gasteiger partial charge in [-0.2, -0.15) is 0 Å². The molecule has 6 rings (SSSR count). The van der Waals surface area contributed by atoms with E-state index >= 15 is 0 Å². The minimum atomic E-state index is -0.814. The fourth-order valence-electron chi connectivity index (χ4n) is 5.84. The normalized spacial score (nSPS) is 22.9. The van der Waals surface area contributed by atoms with Gasteiger partial charge in [-0.15, -0.1) is 0 Å². The number of rotatable bonds is 7. The lowest BCUT2D eigenvalue weighted by Crippen LogP contribution is -2.58. The van der Waals surface area contributed by atoms with Gasteiger partial charge in [0.15, 0.2) is 11.6 Å². The van der Waals surface area contributed by atoms with E-state index < -0.39 is 35.0 Å². The maximum Gasteiger partial charge on any atom is 0.307 e. The van der Waals surface area contributed by atoms with Crippen LogP contribution in [0, 0.1) is 17.6 Å². The smallest absolute Gasteiger partial charge is 0.307 e. The molecular weight excluding hydrogens is 506 g/mol. The molecule has 9 nitrogen and oxygen atoms in total. The summed E-state index contributed by atoms with van der Waals surface area (Å²) in [6.45, 7) is 1.30. The quantitative estimate of drug-likeness (QED) is 0.475. The average molecular weight is 537 g/mol. The first-order chi connectivity index (χ1) is 18.9. The molecule has 3 aromatic rings. The van der Waals surface area contributed by atoms with Crippen LogP contribution < -0.4 is 10.6 Å². The van der Waals surface area contributed by atoms with E-state index in [1.807, 2.05) is 0 Å². The van der Waals surface area contributed by atoms with Gasteiger partial charge < -0.3 is 15.1 Å². The Hall–Kier alpha value is -3.73. The van der Waals surface area contributed by atoms with E-state index in [4.69, 9.17) is 4.42 Å². The first-order valence-corrected chi connectivity index (χ1v) is 13.5. The molecule has 2 saturated carbocycles. The minimum Gasteiger partial charge on any atom is -0.432 e. The standard InChI is InChI=1S/C28H30F2N6O3/c29-17-6-7-19(21(30)14-17)23-15-33-26(39-23)25(38)34-22-8-13-36(18-4-1-2-5-18)16-20(22)24(37)35-28(9-10-28)27-31-11-3-12-32-27/h3,6-7,11-12,14-15,18,20,22H,1-2,4-5,8-10,13,16H2,(H,34,38)(H,35,37)/t20-,22-/m0/s1. The van der Waals surface area contributed by atoms with Crippen LogP contribution in [0.1, 0.15) is 61.5 Å². The lowest BCUT2D eigenvalue weighted by atomic mass is 9.89. The maximum absolute atomic E-state index is 14.2. The summed E-state index contributed by atoms with van der Waals surface area (Å²) in [4.78, 5) is 42.0. The predicted octanol–water partition coefficient (Wildman–Crippen LogP) is 3.58. The molecule has 0 radical (unpaired) electrons. The number of nitrogens with zero attached hydrogens (tertiary/aromatic N) is 4. The number of aromatic nitrogens is 3. The number of halogens is 2. The third kappa shape index (κ3) is 5.27. The van der Waals surface area contributed by atoms with E-state index in [0.29, 0.717) is 24.8 Å². The van der Waals surface area contributed by atoms with Crippen molar-refractivity contribution in [1.82, 2.24) is 30.5 Å². The van der Waals surface area contributed by atoms with Crippen LogP contribution in [0.25, 0.3) is 11.3 Å². The summed E-state index contributed by atoms with van der Waals surface area (Å²) < 4.78 is 33.0. The Kier molecular flexibility index (Phi) is 6.84. The first-order valence-electron chi connectivity index (χ1n) is 13.5. The Morgan fingerprint density at radius 1 is 1.05 bits per heavy atom. The van der Waals surface area contributed by atoms with Crippen LogP contribution in [0.4, 0.5) is 8.78 Å². The molecule has 11 heteroatoms. The largest absolute Gasteiger partial charge is 0.432 e. The van der Waals surface area contributed by atoms with Crippen molar-refractivity contribution in [1.29, 1.82) is 0 Å². The number of hydrogen-bond donors (Lipinski definition) is 2. The fraction of sp³-hybridized carbons (Fsp3) is 0.464. The number of nitrogens with one attached hydrogen (secondary N) is 2. The first kappa shape index (κ1) is 25.5. The molecule has 2 amide bonds. The van der Waals surface area contributed by atoms with E-state index in [0.717, 1.165) is 44.4 Å². The Labute approximate surface area is 224 Å². The van der Waals surface area contributed by atoms with Crippen LogP contribution >= 0.6 is 0 Å². The van der Waals surface area contributed by atoms with Gasteiger partial charge in [-0.1, -0.05) is 12.8 Å². The molecule has 3 fully saturated rings. The van der Waals surface area contributed by atoms with Crippen LogP contribution in [0.3, 0.4) is 0 Å². The fourth-order valence-corrected chi connectivity index (χ4v) is 5.84. The van der Waals surface area contributed by atoms with Gasteiger partial charge in [-0.25, -0.2) is 23.7 Å². The van der Waals surface area contributed by atoms with Crippen molar-refractivity contribution in [3.05, 3.63) is 66.2 Å². The van der Waals surface area contributed by atoms with Gasteiger partial charge in [0.1, 0.15) is 11.6 Å². The molecule has 1 aliphatic heterocycles. The zero-order chi connectivity index (χ0) is 27.0. The topological polar surface area (TPSA) is 113 Å². The van der Waals surface area contributed by atoms with E-state index in [1.54, 1.807) is 18.5 Å². The number of piperidine rings is 1. The van der Waals surface area contributed by atoms with Crippen molar-refractivity contribution in [3.63, 3.8) is 0 Å². The molecule has 2 N–H and O–H groups in total. The summed E-state index contributed by atoms with van der Waals surface area (Å²) in [6.07, 6.45) is 11.3. The minimum absolute atomic E-state index is 0.00272. The second-order valence-electron chi connectivity index (χ2n) is 10.7. The Morgan fingerprint density at radius 2 is 1.82 bits per heavy atom. The van der Waals surface area contributed by atoms with E-state index in [-0.39, 0.29) is 23.1 Å². The second-order valence-corrected chi connectivity index (χ2v) is 10.7. The van der Waals surface area contributed by atoms with Gasteiger partial charge in [-0.05, 0) is 50.3 Å². The number of hydrogen-bond acceptors (Lipinski definition) is 7. The predicted molar refractivity (Wildman–Crippen MR) is 136 cm³/mol. The summed E-state index contributed by atoms with van der Waals surface area (Å²) in [7, 11) is 0. The molecule has 2 atom stereocenters. The summed E-state index contributed by atoms with van der Waals surface area (Å²) in [5.41, 5.74) is -0.567. The molecule has 2 aromatic heterocycles. The number of likely N-dealkylation sites (tertiary alicyclic amines) is 1. The third-order valence-corrected chi connectivity index (χ3v) is 8.14. The maximum atomic E-state index is 14.2. The summed E-state index contributed by atoms with van der Waals surface area (Å²) in [5.74, 6) is -2.39. The lowest BCUT2D eigenvalue weighted by molar-refractivity contribution is -0.129. The lowest BCUT2D eigenvalue weighted by Gasteiger charge is -2.41. The second kappa shape index (κ2) is 10.4. The van der Waals surface area contributed by atoms with Crippen LogP contribution in [0.2, 0.25) is 0 Å². The van der Waals surface area contributed by atoms with Crippen LogP contribution in [0.5, 0.6) is 0 Å². The number of carbonyl (C=O) groups excluding carboxylic acids is 2. The molecule has 2 aliphatic carbocycles. The van der Waals surface area contributed by atoms with Crippen molar-refractivity contribution in [2.45, 2.75) is 62.6 Å². The number of carbonyl (C=O) groups is 2. The van der Waals surface area contributed by atoms with E-state index in [2.05, 4.69) is 30.5 Å². The molecule has 0 spiro atoms. The van der Waals surface area contributed by atoms with Gasteiger partial charge in [0.2, 0.25) is 5.91 Å². The molecule has 0 bridgehead atoms. The van der Waals surface area contributed by atoms with E-state index in [1.165, 1.54) is 25.1 Å². The molecule has 39 heavy (non-hydrogen) atoms. The molecule has 0 unspecified atom stereocenters. The molecule has 3 heterocycles. The zero-order valence-corrected chi connectivity index (χ0v) is 21.4. The highest BCUT2D eigenvalue weighted by Crippen LogP contribution is 2.44. The van der Waals surface area contributed by atoms with Gasteiger partial charge >= 0.3 is 5.91 Å². The van der Waals surface area contributed by atoms with E-state index in [9.17, 15) is 18.4 Å². The Balaban J connectivity index is 1.19.